The largest absolute Gasteiger partial charge is 0.309 e. The Morgan fingerprint density at radius 1 is 0.167 bits per heavy atom. The second-order valence-electron chi connectivity index (χ2n) is 38.5. The summed E-state index contributed by atoms with van der Waals surface area (Å²) < 4.78 is 7.33. The van der Waals surface area contributed by atoms with E-state index in [1.807, 2.05) is 30.3 Å². The average molecular weight is 1770 g/mol. The summed E-state index contributed by atoms with van der Waals surface area (Å²) in [6, 6.07) is 171. The highest BCUT2D eigenvalue weighted by Crippen LogP contribution is 2.57. The van der Waals surface area contributed by atoms with Gasteiger partial charge in [-0.25, -0.2) is 15.0 Å². The van der Waals surface area contributed by atoms with E-state index in [9.17, 15) is 0 Å². The first kappa shape index (κ1) is 82.7. The molecule has 0 aliphatic heterocycles. The molecule has 27 rings (SSSR count). The van der Waals surface area contributed by atoms with E-state index in [2.05, 4.69) is 498 Å². The Morgan fingerprint density at radius 2 is 0.464 bits per heavy atom. The van der Waals surface area contributed by atoms with Gasteiger partial charge in [0.1, 0.15) is 0 Å². The van der Waals surface area contributed by atoms with Gasteiger partial charge in [-0.3, -0.25) is 0 Å². The third-order valence-electron chi connectivity index (χ3n) is 29.4. The predicted octanol–water partition coefficient (Wildman–Crippen LogP) is 34.5. The van der Waals surface area contributed by atoms with Gasteiger partial charge < -0.3 is 13.7 Å². The van der Waals surface area contributed by atoms with Gasteiger partial charge in [-0.15, -0.1) is 0 Å². The zero-order valence-electron chi connectivity index (χ0n) is 77.7. The molecule has 0 unspecified atom stereocenters. The highest BCUT2D eigenvalue weighted by molar-refractivity contribution is 6.19. The molecular weight excluding hydrogens is 1670 g/mol. The highest BCUT2D eigenvalue weighted by atomic mass is 15.0. The molecule has 3 aliphatic carbocycles. The van der Waals surface area contributed by atoms with Gasteiger partial charge in [0, 0.05) is 105 Å². The molecule has 0 saturated heterocycles. The fourth-order valence-corrected chi connectivity index (χ4v) is 22.5. The number of para-hydroxylation sites is 3. The minimum absolute atomic E-state index is 0.0350. The monoisotopic (exact) mass is 1760 g/mol. The van der Waals surface area contributed by atoms with Crippen LogP contribution in [-0.2, 0) is 16.2 Å². The van der Waals surface area contributed by atoms with E-state index < -0.39 is 0 Å². The Morgan fingerprint density at radius 3 is 0.906 bits per heavy atom. The summed E-state index contributed by atoms with van der Waals surface area (Å²) in [5, 5.41) is 7.76. The summed E-state index contributed by atoms with van der Waals surface area (Å²) in [7, 11) is 0. The van der Waals surface area contributed by atoms with Crippen molar-refractivity contribution in [3.05, 3.63) is 507 Å². The molecule has 18 aromatic carbocycles. The zero-order chi connectivity index (χ0) is 92.5. The van der Waals surface area contributed by atoms with E-state index in [-0.39, 0.29) is 16.2 Å². The van der Waals surface area contributed by atoms with Gasteiger partial charge >= 0.3 is 0 Å². The number of pyridine rings is 3. The van der Waals surface area contributed by atoms with Crippen molar-refractivity contribution in [2.24, 2.45) is 0 Å². The smallest absolute Gasteiger partial charge is 0.0715 e. The minimum Gasteiger partial charge on any atom is -0.309 e. The minimum atomic E-state index is -0.0584. The molecule has 0 saturated carbocycles. The maximum atomic E-state index is 5.17. The van der Waals surface area contributed by atoms with E-state index in [1.54, 1.807) is 0 Å². The lowest BCUT2D eigenvalue weighted by molar-refractivity contribution is 0.660. The summed E-state index contributed by atoms with van der Waals surface area (Å²) in [6.07, 6.45) is 0. The Balaban J connectivity index is 0.000000110. The molecule has 0 amide bonds. The van der Waals surface area contributed by atoms with Crippen molar-refractivity contribution >= 4 is 65.4 Å². The van der Waals surface area contributed by atoms with Gasteiger partial charge in [0.05, 0.1) is 67.3 Å². The van der Waals surface area contributed by atoms with Crippen molar-refractivity contribution < 1.29 is 0 Å². The van der Waals surface area contributed by atoms with Crippen molar-refractivity contribution in [2.75, 3.05) is 0 Å². The average Bonchev–Trinajstić information content (AvgIpc) is 1.54. The van der Waals surface area contributed by atoms with Gasteiger partial charge in [-0.1, -0.05) is 406 Å². The third kappa shape index (κ3) is 13.9. The molecule has 6 heteroatoms. The second-order valence-corrected chi connectivity index (χ2v) is 38.5. The molecule has 0 atom stereocenters. The second kappa shape index (κ2) is 33.2. The molecule has 6 nitrogen and oxygen atoms in total. The quantitative estimate of drug-likeness (QED) is 0.122. The first-order valence-electron chi connectivity index (χ1n) is 47.9. The maximum absolute atomic E-state index is 5.17. The van der Waals surface area contributed by atoms with Crippen LogP contribution in [0.25, 0.3) is 217 Å². The van der Waals surface area contributed by atoms with Crippen LogP contribution in [0.15, 0.2) is 473 Å². The van der Waals surface area contributed by atoms with Crippen molar-refractivity contribution in [2.45, 2.75) is 57.8 Å². The molecule has 6 aromatic heterocycles. The van der Waals surface area contributed by atoms with E-state index in [0.29, 0.717) is 0 Å². The fourth-order valence-electron chi connectivity index (χ4n) is 22.5. The van der Waals surface area contributed by atoms with Crippen molar-refractivity contribution in [1.29, 1.82) is 0 Å². The number of nitrogens with zero attached hydrogens (tertiary/aromatic N) is 6. The number of hydrogen-bond acceptors (Lipinski definition) is 3. The molecule has 3 aliphatic rings. The summed E-state index contributed by atoms with van der Waals surface area (Å²) in [5.41, 5.74) is 46.7. The molecule has 0 N–H and O–H groups in total. The number of hydrogen-bond donors (Lipinski definition) is 0. The third-order valence-corrected chi connectivity index (χ3v) is 29.4. The van der Waals surface area contributed by atoms with Crippen LogP contribution in [0.5, 0.6) is 0 Å². The molecular formula is C132H96N6. The van der Waals surface area contributed by atoms with E-state index >= 15 is 0 Å². The molecule has 654 valence electrons. The van der Waals surface area contributed by atoms with Gasteiger partial charge in [0.15, 0.2) is 0 Å². The molecule has 0 fully saturated rings. The van der Waals surface area contributed by atoms with Crippen molar-refractivity contribution in [1.82, 2.24) is 28.7 Å². The van der Waals surface area contributed by atoms with Crippen LogP contribution in [-0.4, -0.2) is 28.7 Å². The van der Waals surface area contributed by atoms with E-state index in [1.165, 1.54) is 143 Å². The SMILES string of the molecule is CC1(C)c2ccccc2-c2c1ccc1c2c2ccccc2n1-c1ccc(-c2cc(-c3ccccc3)nc(-c3ccccc3)c2)cc1.CC1(C)c2ccccc2-c2c1ccc1c3ccccc3n(-c3ccc(-c4cc(-c5ccccc5)cc(-c5ccccc5)n4)cc3)c21.CC1(C)c2ccccc2-c2cc3c4ccccc4n(-c4ccc(-c5cc(-c6ccccc6)nc(-c6ccccc6)c5)cc4)c3cc21. The number of fused-ring (bicyclic) bond motifs is 20. The van der Waals surface area contributed by atoms with Crippen LogP contribution in [0.2, 0.25) is 0 Å². The van der Waals surface area contributed by atoms with E-state index in [0.717, 1.165) is 107 Å². The Hall–Kier alpha value is -17.2. The Labute approximate surface area is 804 Å². The maximum Gasteiger partial charge on any atom is 0.0715 e. The van der Waals surface area contributed by atoms with Crippen LogP contribution >= 0.6 is 0 Å². The highest BCUT2D eigenvalue weighted by Gasteiger charge is 2.41. The first-order valence-corrected chi connectivity index (χ1v) is 47.9. The predicted molar refractivity (Wildman–Crippen MR) is 577 cm³/mol. The van der Waals surface area contributed by atoms with E-state index in [4.69, 9.17) is 15.0 Å². The van der Waals surface area contributed by atoms with Crippen LogP contribution in [0.1, 0.15) is 74.9 Å². The van der Waals surface area contributed by atoms with Crippen LogP contribution in [0.3, 0.4) is 0 Å². The number of benzene rings is 18. The Kier molecular flexibility index (Phi) is 19.9. The first-order chi connectivity index (χ1) is 67.7. The van der Waals surface area contributed by atoms with Gasteiger partial charge in [-0.2, -0.15) is 0 Å². The summed E-state index contributed by atoms with van der Waals surface area (Å²) in [4.78, 5) is 15.3. The summed E-state index contributed by atoms with van der Waals surface area (Å²) in [5.74, 6) is 0. The number of rotatable bonds is 12. The van der Waals surface area contributed by atoms with Crippen molar-refractivity contribution in [3.63, 3.8) is 0 Å². The fraction of sp³-hybridized carbons (Fsp3) is 0.0682. The zero-order valence-corrected chi connectivity index (χ0v) is 77.7. The van der Waals surface area contributed by atoms with Crippen LogP contribution < -0.4 is 0 Å². The summed E-state index contributed by atoms with van der Waals surface area (Å²) >= 11 is 0. The normalized spacial score (nSPS) is 13.2. The lowest BCUT2D eigenvalue weighted by atomic mass is 9.82. The molecule has 0 bridgehead atoms. The molecule has 0 radical (unpaired) electrons. The van der Waals surface area contributed by atoms with Gasteiger partial charge in [-0.05, 0) is 204 Å². The molecule has 0 spiro atoms. The van der Waals surface area contributed by atoms with Crippen molar-refractivity contribution in [3.8, 4) is 151 Å². The summed E-state index contributed by atoms with van der Waals surface area (Å²) in [6.45, 7) is 14.1. The standard InChI is InChI=1S/3C44H32N2/c1-44(2)37-19-11-9-18-36(37)42-38(44)26-25-35-34-17-10-12-20-41(34)46(43(35)42)33-23-21-31(22-24-33)40-28-32(29-13-5-3-6-14-29)27-39(45-40)30-15-7-4-8-16-30;1-44(2)38-19-11-9-17-34(38)36-27-37-35-18-10-12-20-42(35)46(43(37)28-39(36)44)33-23-21-29(22-24-33)32-25-40(30-13-5-3-6-14-30)45-41(26-32)31-15-7-4-8-16-31;1-44(2)36-19-11-9-17-34(36)42-37(44)25-26-41-43(42)35-18-10-12-20-40(35)46(41)33-23-21-29(22-24-33)32-27-38(30-13-5-3-6-14-30)45-39(28-32)31-15-7-4-8-16-31/h3*3-28H,1-2H3. The lowest BCUT2D eigenvalue weighted by Gasteiger charge is -2.21. The van der Waals surface area contributed by atoms with Gasteiger partial charge in [0.2, 0.25) is 0 Å². The lowest BCUT2D eigenvalue weighted by Crippen LogP contribution is -2.14. The van der Waals surface area contributed by atoms with Gasteiger partial charge in [0.25, 0.3) is 0 Å². The topological polar surface area (TPSA) is 53.5 Å². The Bertz CT molecular complexity index is 8700. The van der Waals surface area contributed by atoms with Crippen LogP contribution in [0, 0.1) is 0 Å². The molecule has 24 aromatic rings. The number of aromatic nitrogens is 6. The molecule has 138 heavy (non-hydrogen) atoms. The van der Waals surface area contributed by atoms with Crippen LogP contribution in [0.4, 0.5) is 0 Å². The molecule has 6 heterocycles.